The quantitative estimate of drug-likeness (QED) is 0.640. The SMILES string of the molecule is N#Cc1ccc(C=CC(=O)c2cccc(N3CCOC3=O)c2)cc1. The number of ether oxygens (including phenoxy) is 1. The number of cyclic esters (lactones) is 1. The Labute approximate surface area is 139 Å². The number of rotatable bonds is 4. The number of nitrogens with zero attached hydrogens (tertiary/aromatic N) is 2. The van der Waals surface area contributed by atoms with Crippen molar-refractivity contribution in [2.24, 2.45) is 0 Å². The first kappa shape index (κ1) is 15.5. The van der Waals surface area contributed by atoms with E-state index in [4.69, 9.17) is 10.00 Å². The fourth-order valence-corrected chi connectivity index (χ4v) is 2.39. The first-order valence-corrected chi connectivity index (χ1v) is 7.44. The van der Waals surface area contributed by atoms with E-state index in [0.29, 0.717) is 30.0 Å². The van der Waals surface area contributed by atoms with E-state index in [2.05, 4.69) is 0 Å². The lowest BCUT2D eigenvalue weighted by molar-refractivity contribution is 0.104. The second-order valence-corrected chi connectivity index (χ2v) is 5.25. The highest BCUT2D eigenvalue weighted by atomic mass is 16.6. The van der Waals surface area contributed by atoms with Crippen molar-refractivity contribution in [3.8, 4) is 6.07 Å². The molecule has 0 radical (unpaired) electrons. The van der Waals surface area contributed by atoms with Crippen LogP contribution in [0.25, 0.3) is 6.08 Å². The van der Waals surface area contributed by atoms with Crippen LogP contribution < -0.4 is 4.90 Å². The summed E-state index contributed by atoms with van der Waals surface area (Å²) in [6.07, 6.45) is 2.77. The topological polar surface area (TPSA) is 70.4 Å². The van der Waals surface area contributed by atoms with Crippen molar-refractivity contribution in [1.29, 1.82) is 5.26 Å². The summed E-state index contributed by atoms with van der Waals surface area (Å²) >= 11 is 0. The fraction of sp³-hybridized carbons (Fsp3) is 0.105. The summed E-state index contributed by atoms with van der Waals surface area (Å²) in [6.45, 7) is 0.840. The Bertz CT molecular complexity index is 848. The van der Waals surface area contributed by atoms with E-state index in [9.17, 15) is 9.59 Å². The highest BCUT2D eigenvalue weighted by molar-refractivity contribution is 6.07. The van der Waals surface area contributed by atoms with E-state index in [1.54, 1.807) is 54.6 Å². The van der Waals surface area contributed by atoms with Crippen LogP contribution in [-0.4, -0.2) is 25.0 Å². The van der Waals surface area contributed by atoms with E-state index >= 15 is 0 Å². The van der Waals surface area contributed by atoms with Crippen molar-refractivity contribution in [3.63, 3.8) is 0 Å². The normalized spacial score (nSPS) is 13.8. The number of ketones is 1. The molecule has 1 fully saturated rings. The molecule has 2 aromatic rings. The molecule has 1 aliphatic rings. The van der Waals surface area contributed by atoms with E-state index in [0.717, 1.165) is 5.56 Å². The Balaban J connectivity index is 1.76. The third-order valence-corrected chi connectivity index (χ3v) is 3.67. The molecule has 5 nitrogen and oxygen atoms in total. The van der Waals surface area contributed by atoms with Crippen LogP contribution in [0.3, 0.4) is 0 Å². The second-order valence-electron chi connectivity index (χ2n) is 5.25. The number of carbonyl (C=O) groups is 2. The molecule has 1 saturated heterocycles. The van der Waals surface area contributed by atoms with Gasteiger partial charge in [-0.05, 0) is 35.9 Å². The number of nitriles is 1. The number of carbonyl (C=O) groups excluding carboxylic acids is 2. The lowest BCUT2D eigenvalue weighted by Crippen LogP contribution is -2.23. The summed E-state index contributed by atoms with van der Waals surface area (Å²) < 4.78 is 4.91. The summed E-state index contributed by atoms with van der Waals surface area (Å²) in [5.41, 5.74) is 2.55. The molecule has 0 atom stereocenters. The molecule has 3 rings (SSSR count). The summed E-state index contributed by atoms with van der Waals surface area (Å²) in [6, 6.07) is 15.9. The molecule has 24 heavy (non-hydrogen) atoms. The molecule has 0 N–H and O–H groups in total. The van der Waals surface area contributed by atoms with Crippen LogP contribution in [0.15, 0.2) is 54.6 Å². The van der Waals surface area contributed by atoms with Crippen molar-refractivity contribution >= 4 is 23.6 Å². The molecule has 5 heteroatoms. The molecule has 118 valence electrons. The second kappa shape index (κ2) is 6.80. The molecular weight excluding hydrogens is 304 g/mol. The van der Waals surface area contributed by atoms with Gasteiger partial charge in [-0.3, -0.25) is 9.69 Å². The Kier molecular flexibility index (Phi) is 4.39. The third kappa shape index (κ3) is 3.33. The van der Waals surface area contributed by atoms with Gasteiger partial charge in [-0.25, -0.2) is 4.79 Å². The standard InChI is InChI=1S/C19H14N2O3/c20-13-15-6-4-14(5-7-15)8-9-18(22)16-2-1-3-17(12-16)21-10-11-24-19(21)23/h1-9,12H,10-11H2. The summed E-state index contributed by atoms with van der Waals surface area (Å²) in [5, 5.41) is 8.77. The summed E-state index contributed by atoms with van der Waals surface area (Å²) in [4.78, 5) is 25.4. The Morgan fingerprint density at radius 3 is 2.67 bits per heavy atom. The van der Waals surface area contributed by atoms with Gasteiger partial charge in [-0.2, -0.15) is 5.26 Å². The van der Waals surface area contributed by atoms with Gasteiger partial charge in [0.15, 0.2) is 5.78 Å². The number of allylic oxidation sites excluding steroid dienone is 1. The average Bonchev–Trinajstić information content (AvgIpc) is 3.06. The lowest BCUT2D eigenvalue weighted by Gasteiger charge is -2.13. The van der Waals surface area contributed by atoms with Crippen LogP contribution in [0.2, 0.25) is 0 Å². The molecule has 1 heterocycles. The molecule has 0 bridgehead atoms. The molecule has 2 aromatic carbocycles. The molecule has 0 aliphatic carbocycles. The smallest absolute Gasteiger partial charge is 0.414 e. The predicted molar refractivity (Wildman–Crippen MR) is 89.7 cm³/mol. The molecule has 0 aromatic heterocycles. The molecule has 0 unspecified atom stereocenters. The lowest BCUT2D eigenvalue weighted by atomic mass is 10.1. The molecule has 1 aliphatic heterocycles. The predicted octanol–water partition coefficient (Wildman–Crippen LogP) is 3.41. The van der Waals surface area contributed by atoms with Crippen molar-refractivity contribution < 1.29 is 14.3 Å². The number of amides is 1. The van der Waals surface area contributed by atoms with Gasteiger partial charge in [-0.15, -0.1) is 0 Å². The van der Waals surface area contributed by atoms with E-state index in [1.165, 1.54) is 11.0 Å². The Morgan fingerprint density at radius 1 is 1.21 bits per heavy atom. The number of benzene rings is 2. The van der Waals surface area contributed by atoms with E-state index < -0.39 is 6.09 Å². The van der Waals surface area contributed by atoms with Crippen LogP contribution in [0.4, 0.5) is 10.5 Å². The van der Waals surface area contributed by atoms with Crippen molar-refractivity contribution in [2.45, 2.75) is 0 Å². The summed E-state index contributed by atoms with van der Waals surface area (Å²) in [7, 11) is 0. The van der Waals surface area contributed by atoms with Crippen LogP contribution in [0.5, 0.6) is 0 Å². The minimum absolute atomic E-state index is 0.159. The highest BCUT2D eigenvalue weighted by Gasteiger charge is 2.23. The van der Waals surface area contributed by atoms with Gasteiger partial charge in [0.1, 0.15) is 6.61 Å². The monoisotopic (exact) mass is 318 g/mol. The maximum absolute atomic E-state index is 12.3. The van der Waals surface area contributed by atoms with Gasteiger partial charge in [0.25, 0.3) is 0 Å². The van der Waals surface area contributed by atoms with Gasteiger partial charge >= 0.3 is 6.09 Å². The Hall–Kier alpha value is -3.39. The minimum atomic E-state index is -0.396. The van der Waals surface area contributed by atoms with E-state index in [1.807, 2.05) is 6.07 Å². The molecule has 0 spiro atoms. The molecule has 1 amide bonds. The van der Waals surface area contributed by atoms with Gasteiger partial charge in [0.05, 0.1) is 18.2 Å². The first-order chi connectivity index (χ1) is 11.7. The van der Waals surface area contributed by atoms with Crippen LogP contribution in [-0.2, 0) is 4.74 Å². The van der Waals surface area contributed by atoms with Crippen molar-refractivity contribution in [2.75, 3.05) is 18.1 Å². The average molecular weight is 318 g/mol. The van der Waals surface area contributed by atoms with Gasteiger partial charge in [-0.1, -0.05) is 30.3 Å². The van der Waals surface area contributed by atoms with Crippen molar-refractivity contribution in [1.82, 2.24) is 0 Å². The maximum atomic E-state index is 12.3. The zero-order valence-corrected chi connectivity index (χ0v) is 12.8. The van der Waals surface area contributed by atoms with E-state index in [-0.39, 0.29) is 5.78 Å². The van der Waals surface area contributed by atoms with Gasteiger partial charge in [0.2, 0.25) is 0 Å². The first-order valence-electron chi connectivity index (χ1n) is 7.44. The highest BCUT2D eigenvalue weighted by Crippen LogP contribution is 2.20. The number of anilines is 1. The molecule has 0 saturated carbocycles. The van der Waals surface area contributed by atoms with Crippen molar-refractivity contribution in [3.05, 3.63) is 71.3 Å². The minimum Gasteiger partial charge on any atom is -0.447 e. The zero-order chi connectivity index (χ0) is 16.9. The van der Waals surface area contributed by atoms with Gasteiger partial charge in [0, 0.05) is 11.3 Å². The fourth-order valence-electron chi connectivity index (χ4n) is 2.39. The zero-order valence-electron chi connectivity index (χ0n) is 12.8. The number of hydrogen-bond acceptors (Lipinski definition) is 4. The third-order valence-electron chi connectivity index (χ3n) is 3.67. The largest absolute Gasteiger partial charge is 0.447 e. The molecular formula is C19H14N2O3. The maximum Gasteiger partial charge on any atom is 0.414 e. The number of hydrogen-bond donors (Lipinski definition) is 0. The van der Waals surface area contributed by atoms with Crippen LogP contribution in [0, 0.1) is 11.3 Å². The Morgan fingerprint density at radius 2 is 2.00 bits per heavy atom. The van der Waals surface area contributed by atoms with Gasteiger partial charge < -0.3 is 4.74 Å². The summed E-state index contributed by atoms with van der Waals surface area (Å²) in [5.74, 6) is -0.159. The van der Waals surface area contributed by atoms with Crippen LogP contribution >= 0.6 is 0 Å². The van der Waals surface area contributed by atoms with Crippen LogP contribution in [0.1, 0.15) is 21.5 Å².